The molecular formula is C18H23N5O2. The number of carbonyl (C=O) groups excluding carboxylic acids is 2. The summed E-state index contributed by atoms with van der Waals surface area (Å²) < 4.78 is 1.76. The van der Waals surface area contributed by atoms with E-state index in [0.29, 0.717) is 24.1 Å². The summed E-state index contributed by atoms with van der Waals surface area (Å²) >= 11 is 0. The van der Waals surface area contributed by atoms with Gasteiger partial charge < -0.3 is 15.5 Å². The number of nitrogens with one attached hydrogen (secondary N) is 2. The average molecular weight is 341 g/mol. The van der Waals surface area contributed by atoms with Crippen molar-refractivity contribution >= 4 is 17.5 Å². The lowest BCUT2D eigenvalue weighted by Crippen LogP contribution is -2.52. The predicted molar refractivity (Wildman–Crippen MR) is 95.4 cm³/mol. The van der Waals surface area contributed by atoms with E-state index < -0.39 is 5.54 Å². The van der Waals surface area contributed by atoms with Crippen LogP contribution in [0, 0.1) is 0 Å². The van der Waals surface area contributed by atoms with Crippen LogP contribution >= 0.6 is 0 Å². The van der Waals surface area contributed by atoms with E-state index in [1.54, 1.807) is 49.2 Å². The van der Waals surface area contributed by atoms with Crippen LogP contribution in [-0.4, -0.2) is 53.7 Å². The maximum absolute atomic E-state index is 13.0. The fourth-order valence-corrected chi connectivity index (χ4v) is 3.12. The summed E-state index contributed by atoms with van der Waals surface area (Å²) in [5.74, 6) is -0.145. The van der Waals surface area contributed by atoms with Crippen molar-refractivity contribution in [2.75, 3.05) is 32.5 Å². The summed E-state index contributed by atoms with van der Waals surface area (Å²) in [7, 11) is 3.42. The van der Waals surface area contributed by atoms with E-state index in [9.17, 15) is 9.59 Å². The SMILES string of the molecule is CN(C)C(=O)c1ccc(NC(=O)C2(n3cccn3)CCNCC2)cc1. The molecular weight excluding hydrogens is 318 g/mol. The number of anilines is 1. The smallest absolute Gasteiger partial charge is 0.253 e. The van der Waals surface area contributed by atoms with Crippen molar-refractivity contribution < 1.29 is 9.59 Å². The molecule has 2 amide bonds. The van der Waals surface area contributed by atoms with Gasteiger partial charge in [-0.05, 0) is 56.3 Å². The van der Waals surface area contributed by atoms with Crippen molar-refractivity contribution in [1.82, 2.24) is 20.0 Å². The van der Waals surface area contributed by atoms with Crippen LogP contribution in [0.3, 0.4) is 0 Å². The number of rotatable bonds is 4. The van der Waals surface area contributed by atoms with E-state index in [0.717, 1.165) is 13.1 Å². The van der Waals surface area contributed by atoms with Crippen molar-refractivity contribution in [2.45, 2.75) is 18.4 Å². The second-order valence-electron chi connectivity index (χ2n) is 6.46. The lowest BCUT2D eigenvalue weighted by molar-refractivity contribution is -0.126. The molecule has 0 radical (unpaired) electrons. The van der Waals surface area contributed by atoms with Gasteiger partial charge in [0.15, 0.2) is 0 Å². The molecule has 1 aliphatic rings. The molecule has 2 aromatic rings. The van der Waals surface area contributed by atoms with Gasteiger partial charge in [-0.3, -0.25) is 14.3 Å². The monoisotopic (exact) mass is 341 g/mol. The Morgan fingerprint density at radius 3 is 2.44 bits per heavy atom. The number of piperidine rings is 1. The van der Waals surface area contributed by atoms with Crippen LogP contribution in [0.15, 0.2) is 42.7 Å². The number of nitrogens with zero attached hydrogens (tertiary/aromatic N) is 3. The first-order chi connectivity index (χ1) is 12.0. The van der Waals surface area contributed by atoms with Crippen LogP contribution in [-0.2, 0) is 10.3 Å². The molecule has 132 valence electrons. The molecule has 7 nitrogen and oxygen atoms in total. The fourth-order valence-electron chi connectivity index (χ4n) is 3.12. The van der Waals surface area contributed by atoms with Crippen LogP contribution in [0.25, 0.3) is 0 Å². The van der Waals surface area contributed by atoms with E-state index in [1.807, 2.05) is 12.3 Å². The number of amides is 2. The standard InChI is InChI=1S/C18H23N5O2/c1-22(2)16(24)14-4-6-15(7-5-14)21-17(25)18(8-11-19-12-9-18)23-13-3-10-20-23/h3-7,10,13,19H,8-9,11-12H2,1-2H3,(H,21,25). The predicted octanol–water partition coefficient (Wildman–Crippen LogP) is 1.30. The molecule has 1 aliphatic heterocycles. The third-order valence-corrected chi connectivity index (χ3v) is 4.59. The van der Waals surface area contributed by atoms with Crippen LogP contribution in [0.1, 0.15) is 23.2 Å². The van der Waals surface area contributed by atoms with Gasteiger partial charge in [0, 0.05) is 37.7 Å². The Morgan fingerprint density at radius 1 is 1.20 bits per heavy atom. The van der Waals surface area contributed by atoms with Crippen molar-refractivity contribution in [3.63, 3.8) is 0 Å². The topological polar surface area (TPSA) is 79.3 Å². The molecule has 0 atom stereocenters. The summed E-state index contributed by atoms with van der Waals surface area (Å²) in [5, 5.41) is 10.6. The fraction of sp³-hybridized carbons (Fsp3) is 0.389. The normalized spacial score (nSPS) is 16.2. The molecule has 0 spiro atoms. The van der Waals surface area contributed by atoms with Gasteiger partial charge in [-0.15, -0.1) is 0 Å². The van der Waals surface area contributed by atoms with Crippen LogP contribution < -0.4 is 10.6 Å². The van der Waals surface area contributed by atoms with Gasteiger partial charge in [-0.2, -0.15) is 5.10 Å². The molecule has 1 aromatic carbocycles. The second kappa shape index (κ2) is 7.06. The highest BCUT2D eigenvalue weighted by atomic mass is 16.2. The summed E-state index contributed by atoms with van der Waals surface area (Å²) in [5.41, 5.74) is 0.574. The summed E-state index contributed by atoms with van der Waals surface area (Å²) in [4.78, 5) is 26.5. The average Bonchev–Trinajstić information content (AvgIpc) is 3.17. The maximum atomic E-state index is 13.0. The number of hydrogen-bond donors (Lipinski definition) is 2. The minimum Gasteiger partial charge on any atom is -0.345 e. The number of hydrogen-bond acceptors (Lipinski definition) is 4. The largest absolute Gasteiger partial charge is 0.345 e. The van der Waals surface area contributed by atoms with E-state index in [1.165, 1.54) is 4.90 Å². The zero-order valence-corrected chi connectivity index (χ0v) is 14.5. The molecule has 3 rings (SSSR count). The Labute approximate surface area is 147 Å². The van der Waals surface area contributed by atoms with Gasteiger partial charge in [-0.1, -0.05) is 0 Å². The van der Waals surface area contributed by atoms with Gasteiger partial charge in [0.2, 0.25) is 0 Å². The van der Waals surface area contributed by atoms with E-state index >= 15 is 0 Å². The molecule has 1 fully saturated rings. The Morgan fingerprint density at radius 2 is 1.88 bits per heavy atom. The molecule has 2 heterocycles. The summed E-state index contributed by atoms with van der Waals surface area (Å²) in [6, 6.07) is 8.79. The molecule has 1 aromatic heterocycles. The third kappa shape index (κ3) is 3.41. The molecule has 0 aliphatic carbocycles. The number of aromatic nitrogens is 2. The van der Waals surface area contributed by atoms with Crippen molar-refractivity contribution in [3.8, 4) is 0 Å². The highest BCUT2D eigenvalue weighted by molar-refractivity contribution is 5.98. The quantitative estimate of drug-likeness (QED) is 0.879. The maximum Gasteiger partial charge on any atom is 0.253 e. The third-order valence-electron chi connectivity index (χ3n) is 4.59. The zero-order valence-electron chi connectivity index (χ0n) is 14.5. The minimum absolute atomic E-state index is 0.0655. The van der Waals surface area contributed by atoms with Crippen molar-refractivity contribution in [1.29, 1.82) is 0 Å². The van der Waals surface area contributed by atoms with Gasteiger partial charge in [-0.25, -0.2) is 0 Å². The highest BCUT2D eigenvalue weighted by Gasteiger charge is 2.42. The zero-order chi connectivity index (χ0) is 17.9. The Kier molecular flexibility index (Phi) is 4.85. The van der Waals surface area contributed by atoms with Gasteiger partial charge in [0.05, 0.1) is 0 Å². The lowest BCUT2D eigenvalue weighted by atomic mass is 9.87. The summed E-state index contributed by atoms with van der Waals surface area (Å²) in [6.45, 7) is 1.53. The minimum atomic E-state index is -0.688. The van der Waals surface area contributed by atoms with Gasteiger partial charge in [0.25, 0.3) is 11.8 Å². The molecule has 2 N–H and O–H groups in total. The molecule has 25 heavy (non-hydrogen) atoms. The van der Waals surface area contributed by atoms with Gasteiger partial charge in [0.1, 0.15) is 5.54 Å². The van der Waals surface area contributed by atoms with Crippen LogP contribution in [0.2, 0.25) is 0 Å². The lowest BCUT2D eigenvalue weighted by Gasteiger charge is -2.36. The Balaban J connectivity index is 1.79. The Hall–Kier alpha value is -2.67. The first kappa shape index (κ1) is 17.2. The molecule has 1 saturated heterocycles. The van der Waals surface area contributed by atoms with Crippen LogP contribution in [0.4, 0.5) is 5.69 Å². The van der Waals surface area contributed by atoms with E-state index in [2.05, 4.69) is 15.7 Å². The van der Waals surface area contributed by atoms with E-state index in [4.69, 9.17) is 0 Å². The van der Waals surface area contributed by atoms with Gasteiger partial charge >= 0.3 is 0 Å². The van der Waals surface area contributed by atoms with Crippen LogP contribution in [0.5, 0.6) is 0 Å². The Bertz CT molecular complexity index is 731. The van der Waals surface area contributed by atoms with Crippen molar-refractivity contribution in [2.24, 2.45) is 0 Å². The molecule has 0 bridgehead atoms. The first-order valence-electron chi connectivity index (χ1n) is 8.37. The molecule has 0 unspecified atom stereocenters. The number of benzene rings is 1. The molecule has 7 heteroatoms. The van der Waals surface area contributed by atoms with Crippen molar-refractivity contribution in [3.05, 3.63) is 48.3 Å². The second-order valence-corrected chi connectivity index (χ2v) is 6.46. The molecule has 0 saturated carbocycles. The highest BCUT2D eigenvalue weighted by Crippen LogP contribution is 2.28. The van der Waals surface area contributed by atoms with E-state index in [-0.39, 0.29) is 11.8 Å². The summed E-state index contributed by atoms with van der Waals surface area (Å²) in [6.07, 6.45) is 4.89. The number of carbonyl (C=O) groups is 2. The first-order valence-corrected chi connectivity index (χ1v) is 8.37.